The van der Waals surface area contributed by atoms with Crippen LogP contribution in [-0.4, -0.2) is 11.5 Å². The molecule has 0 aliphatic heterocycles. The maximum absolute atomic E-state index is 13.4. The Labute approximate surface area is 111 Å². The summed E-state index contributed by atoms with van der Waals surface area (Å²) in [6.07, 6.45) is 3.43. The van der Waals surface area contributed by atoms with Gasteiger partial charge < -0.3 is 5.32 Å². The maximum Gasteiger partial charge on any atom is 0.126 e. The average Bonchev–Trinajstić information content (AvgIpc) is 2.36. The van der Waals surface area contributed by atoms with Crippen LogP contribution in [0, 0.1) is 18.6 Å². The molecule has 0 aliphatic carbocycles. The Balaban J connectivity index is 2.48. The van der Waals surface area contributed by atoms with Gasteiger partial charge in [0.15, 0.2) is 0 Å². The van der Waals surface area contributed by atoms with Crippen molar-refractivity contribution in [3.05, 3.63) is 65.0 Å². The molecule has 0 aliphatic rings. The number of aromatic nitrogens is 1. The van der Waals surface area contributed by atoms with Crippen LogP contribution >= 0.6 is 0 Å². The first-order valence-corrected chi connectivity index (χ1v) is 6.21. The molecule has 100 valence electrons. The number of benzene rings is 1. The molecule has 0 saturated heterocycles. The zero-order valence-corrected chi connectivity index (χ0v) is 11.0. The SMILES string of the molecule is CCNC(c1cc(F)cc(F)c1)c1cnccc1C. The van der Waals surface area contributed by atoms with Crippen molar-refractivity contribution < 1.29 is 8.78 Å². The largest absolute Gasteiger partial charge is 0.306 e. The molecule has 1 unspecified atom stereocenters. The summed E-state index contributed by atoms with van der Waals surface area (Å²) in [5.74, 6) is -1.14. The van der Waals surface area contributed by atoms with Crippen molar-refractivity contribution in [2.75, 3.05) is 6.54 Å². The van der Waals surface area contributed by atoms with Gasteiger partial charge in [-0.25, -0.2) is 8.78 Å². The molecule has 0 saturated carbocycles. The van der Waals surface area contributed by atoms with E-state index >= 15 is 0 Å². The van der Waals surface area contributed by atoms with E-state index in [-0.39, 0.29) is 6.04 Å². The summed E-state index contributed by atoms with van der Waals surface area (Å²) in [6, 6.07) is 5.20. The lowest BCUT2D eigenvalue weighted by Gasteiger charge is -2.20. The van der Waals surface area contributed by atoms with E-state index in [1.54, 1.807) is 12.4 Å². The number of rotatable bonds is 4. The van der Waals surface area contributed by atoms with Gasteiger partial charge >= 0.3 is 0 Å². The normalized spacial score (nSPS) is 12.4. The molecular formula is C15H16F2N2. The molecule has 19 heavy (non-hydrogen) atoms. The quantitative estimate of drug-likeness (QED) is 0.913. The second kappa shape index (κ2) is 5.89. The minimum absolute atomic E-state index is 0.260. The zero-order valence-electron chi connectivity index (χ0n) is 11.0. The average molecular weight is 262 g/mol. The highest BCUT2D eigenvalue weighted by Gasteiger charge is 2.17. The lowest BCUT2D eigenvalue weighted by Crippen LogP contribution is -2.23. The molecule has 0 bridgehead atoms. The predicted octanol–water partition coefficient (Wildman–Crippen LogP) is 3.37. The molecule has 2 rings (SSSR count). The molecule has 0 spiro atoms. The second-order valence-electron chi connectivity index (χ2n) is 4.43. The van der Waals surface area contributed by atoms with Crippen molar-refractivity contribution in [2.24, 2.45) is 0 Å². The van der Waals surface area contributed by atoms with Crippen LogP contribution in [0.3, 0.4) is 0 Å². The third kappa shape index (κ3) is 3.15. The third-order valence-corrected chi connectivity index (χ3v) is 3.02. The molecule has 4 heteroatoms. The van der Waals surface area contributed by atoms with Crippen molar-refractivity contribution >= 4 is 0 Å². The molecule has 1 heterocycles. The number of aryl methyl sites for hydroxylation is 1. The number of pyridine rings is 1. The molecule has 1 aromatic heterocycles. The summed E-state index contributed by atoms with van der Waals surface area (Å²) in [4.78, 5) is 4.09. The predicted molar refractivity (Wildman–Crippen MR) is 70.9 cm³/mol. The monoisotopic (exact) mass is 262 g/mol. The van der Waals surface area contributed by atoms with E-state index in [4.69, 9.17) is 0 Å². The fourth-order valence-corrected chi connectivity index (χ4v) is 2.13. The molecule has 1 atom stereocenters. The molecule has 2 nitrogen and oxygen atoms in total. The van der Waals surface area contributed by atoms with E-state index in [1.807, 2.05) is 19.9 Å². The first kappa shape index (κ1) is 13.6. The van der Waals surface area contributed by atoms with Crippen LogP contribution in [0.1, 0.15) is 29.7 Å². The van der Waals surface area contributed by atoms with Crippen LogP contribution in [0.4, 0.5) is 8.78 Å². The van der Waals surface area contributed by atoms with Gasteiger partial charge in [-0.15, -0.1) is 0 Å². The van der Waals surface area contributed by atoms with Crippen molar-refractivity contribution in [1.29, 1.82) is 0 Å². The van der Waals surface area contributed by atoms with Gasteiger partial charge in [-0.2, -0.15) is 0 Å². The lowest BCUT2D eigenvalue weighted by molar-refractivity contribution is 0.564. The van der Waals surface area contributed by atoms with Crippen molar-refractivity contribution in [2.45, 2.75) is 19.9 Å². The summed E-state index contributed by atoms with van der Waals surface area (Å²) in [5, 5.41) is 3.24. The van der Waals surface area contributed by atoms with Gasteiger partial charge in [0.1, 0.15) is 11.6 Å². The van der Waals surface area contributed by atoms with Crippen LogP contribution in [0.2, 0.25) is 0 Å². The van der Waals surface area contributed by atoms with Crippen molar-refractivity contribution in [3.63, 3.8) is 0 Å². The Morgan fingerprint density at radius 3 is 2.47 bits per heavy atom. The number of hydrogen-bond donors (Lipinski definition) is 1. The Hall–Kier alpha value is -1.81. The van der Waals surface area contributed by atoms with E-state index in [9.17, 15) is 8.78 Å². The van der Waals surface area contributed by atoms with E-state index in [1.165, 1.54) is 12.1 Å². The first-order chi connectivity index (χ1) is 9.11. The summed E-state index contributed by atoms with van der Waals surface area (Å²) in [6.45, 7) is 4.60. The van der Waals surface area contributed by atoms with E-state index in [0.29, 0.717) is 12.1 Å². The third-order valence-electron chi connectivity index (χ3n) is 3.02. The number of hydrogen-bond acceptors (Lipinski definition) is 2. The number of halogens is 2. The lowest BCUT2D eigenvalue weighted by atomic mass is 9.96. The first-order valence-electron chi connectivity index (χ1n) is 6.21. The Bertz CT molecular complexity index is 550. The van der Waals surface area contributed by atoms with E-state index < -0.39 is 11.6 Å². The Kier molecular flexibility index (Phi) is 4.22. The molecule has 0 amide bonds. The van der Waals surface area contributed by atoms with Gasteiger partial charge in [0.25, 0.3) is 0 Å². The second-order valence-corrected chi connectivity index (χ2v) is 4.43. The van der Waals surface area contributed by atoms with E-state index in [0.717, 1.165) is 17.2 Å². The van der Waals surface area contributed by atoms with Gasteiger partial charge in [0.2, 0.25) is 0 Å². The minimum Gasteiger partial charge on any atom is -0.306 e. The van der Waals surface area contributed by atoms with Gasteiger partial charge in [-0.1, -0.05) is 6.92 Å². The molecule has 1 N–H and O–H groups in total. The minimum atomic E-state index is -0.570. The van der Waals surface area contributed by atoms with Gasteiger partial charge in [0, 0.05) is 18.5 Å². The van der Waals surface area contributed by atoms with Crippen LogP contribution in [-0.2, 0) is 0 Å². The van der Waals surface area contributed by atoms with Crippen molar-refractivity contribution in [1.82, 2.24) is 10.3 Å². The van der Waals surface area contributed by atoms with Gasteiger partial charge in [-0.05, 0) is 48.4 Å². The van der Waals surface area contributed by atoms with Crippen LogP contribution in [0.5, 0.6) is 0 Å². The Morgan fingerprint density at radius 2 is 1.89 bits per heavy atom. The highest BCUT2D eigenvalue weighted by Crippen LogP contribution is 2.25. The Morgan fingerprint density at radius 1 is 1.21 bits per heavy atom. The fourth-order valence-electron chi connectivity index (χ4n) is 2.13. The highest BCUT2D eigenvalue weighted by atomic mass is 19.1. The topological polar surface area (TPSA) is 24.9 Å². The van der Waals surface area contributed by atoms with Crippen LogP contribution in [0.25, 0.3) is 0 Å². The molecule has 0 radical (unpaired) electrons. The fraction of sp³-hybridized carbons (Fsp3) is 0.267. The van der Waals surface area contributed by atoms with Crippen LogP contribution in [0.15, 0.2) is 36.7 Å². The summed E-state index contributed by atoms with van der Waals surface area (Å²) >= 11 is 0. The molecular weight excluding hydrogens is 246 g/mol. The number of nitrogens with one attached hydrogen (secondary N) is 1. The van der Waals surface area contributed by atoms with E-state index in [2.05, 4.69) is 10.3 Å². The molecule has 2 aromatic rings. The maximum atomic E-state index is 13.4. The van der Waals surface area contributed by atoms with Crippen molar-refractivity contribution in [3.8, 4) is 0 Å². The highest BCUT2D eigenvalue weighted by molar-refractivity contribution is 5.35. The summed E-state index contributed by atoms with van der Waals surface area (Å²) in [5.41, 5.74) is 2.52. The summed E-state index contributed by atoms with van der Waals surface area (Å²) < 4.78 is 26.7. The van der Waals surface area contributed by atoms with Gasteiger partial charge in [-0.3, -0.25) is 4.98 Å². The smallest absolute Gasteiger partial charge is 0.126 e. The zero-order chi connectivity index (χ0) is 13.8. The standard InChI is InChI=1S/C15H16F2N2/c1-3-19-15(14-9-18-5-4-10(14)2)11-6-12(16)8-13(17)7-11/h4-9,15,19H,3H2,1-2H3. The summed E-state index contributed by atoms with van der Waals surface area (Å²) in [7, 11) is 0. The van der Waals surface area contributed by atoms with Gasteiger partial charge in [0.05, 0.1) is 6.04 Å². The molecule has 1 aromatic carbocycles. The molecule has 0 fully saturated rings. The number of nitrogens with zero attached hydrogens (tertiary/aromatic N) is 1. The van der Waals surface area contributed by atoms with Crippen LogP contribution < -0.4 is 5.32 Å².